The van der Waals surface area contributed by atoms with Crippen LogP contribution in [-0.2, 0) is 16.0 Å². The predicted molar refractivity (Wildman–Crippen MR) is 206 cm³/mol. The topological polar surface area (TPSA) is 118 Å². The zero-order chi connectivity index (χ0) is 35.2. The van der Waals surface area contributed by atoms with Crippen molar-refractivity contribution in [2.45, 2.75) is 6.42 Å². The summed E-state index contributed by atoms with van der Waals surface area (Å²) < 4.78 is 5.52. The number of carbonyl (C=O) groups excluding carboxylic acids is 1. The van der Waals surface area contributed by atoms with Crippen LogP contribution in [0, 0.1) is 0 Å². The van der Waals surface area contributed by atoms with E-state index in [-0.39, 0.29) is 5.78 Å². The predicted octanol–water partition coefficient (Wildman–Crippen LogP) is 5.32. The Bertz CT molecular complexity index is 1980. The molecule has 0 atom stereocenters. The first kappa shape index (κ1) is 34.2. The van der Waals surface area contributed by atoms with Crippen LogP contribution in [0.3, 0.4) is 0 Å². The van der Waals surface area contributed by atoms with Crippen LogP contribution in [0.25, 0.3) is 22.3 Å². The molecular weight excluding hydrogens is 640 g/mol. The number of nitrogens with zero attached hydrogens (tertiary/aromatic N) is 7. The van der Waals surface area contributed by atoms with Crippen molar-refractivity contribution in [2.24, 2.45) is 0 Å². The third kappa shape index (κ3) is 8.54. The lowest BCUT2D eigenvalue weighted by atomic mass is 10.0. The van der Waals surface area contributed by atoms with Gasteiger partial charge in [0.15, 0.2) is 11.4 Å². The largest absolute Gasteiger partial charge is 0.378 e. The number of aromatic amines is 1. The van der Waals surface area contributed by atoms with Gasteiger partial charge in [-0.2, -0.15) is 10.1 Å². The Morgan fingerprint density at radius 3 is 2.41 bits per heavy atom. The third-order valence-corrected chi connectivity index (χ3v) is 9.25. The Hall–Kier alpha value is -5.30. The summed E-state index contributed by atoms with van der Waals surface area (Å²) in [6, 6.07) is 24.8. The monoisotopic (exact) mass is 686 g/mol. The summed E-state index contributed by atoms with van der Waals surface area (Å²) in [5, 5.41) is 15.6. The first-order valence-electron chi connectivity index (χ1n) is 17.6. The zero-order valence-electron chi connectivity index (χ0n) is 29.6. The smallest absolute Gasteiger partial charge is 0.229 e. The Labute approximate surface area is 299 Å². The number of carbonyl (C=O) groups is 1. The number of aromatic nitrogens is 4. The summed E-state index contributed by atoms with van der Waals surface area (Å²) >= 11 is 0. The first-order chi connectivity index (χ1) is 24.9. The molecule has 0 spiro atoms. The molecule has 0 radical (unpaired) electrons. The molecule has 2 fully saturated rings. The van der Waals surface area contributed by atoms with Gasteiger partial charge in [0.25, 0.3) is 0 Å². The number of fused-ring (bicyclic) bond motifs is 1. The molecule has 3 aromatic carbocycles. The van der Waals surface area contributed by atoms with Gasteiger partial charge in [-0.15, -0.1) is 0 Å². The molecule has 2 aliphatic rings. The molecule has 0 saturated carbocycles. The van der Waals surface area contributed by atoms with Crippen molar-refractivity contribution in [1.29, 1.82) is 0 Å². The second kappa shape index (κ2) is 15.7. The summed E-state index contributed by atoms with van der Waals surface area (Å²) in [6.07, 6.45) is 3.85. The molecule has 5 aromatic rings. The van der Waals surface area contributed by atoms with Gasteiger partial charge >= 0.3 is 0 Å². The number of hydrogen-bond acceptors (Lipinski definition) is 11. The molecule has 2 aliphatic heterocycles. The number of allylic oxidation sites excluding steroid dienone is 1. The van der Waals surface area contributed by atoms with Crippen molar-refractivity contribution in [3.63, 3.8) is 0 Å². The molecule has 4 heterocycles. The summed E-state index contributed by atoms with van der Waals surface area (Å²) in [5.41, 5.74) is 7.14. The van der Waals surface area contributed by atoms with E-state index in [1.165, 1.54) is 0 Å². The molecule has 12 nitrogen and oxygen atoms in total. The van der Waals surface area contributed by atoms with Crippen LogP contribution in [0.5, 0.6) is 0 Å². The number of benzene rings is 3. The minimum atomic E-state index is 0.0515. The van der Waals surface area contributed by atoms with E-state index < -0.39 is 0 Å². The highest BCUT2D eigenvalue weighted by atomic mass is 16.5. The molecule has 0 unspecified atom stereocenters. The Balaban J connectivity index is 1.20. The molecule has 0 amide bonds. The van der Waals surface area contributed by atoms with Crippen LogP contribution < -0.4 is 20.4 Å². The molecule has 264 valence electrons. The van der Waals surface area contributed by atoms with E-state index in [0.717, 1.165) is 91.7 Å². The number of hydrogen-bond donors (Lipinski definition) is 3. The van der Waals surface area contributed by atoms with Gasteiger partial charge in [0.2, 0.25) is 5.95 Å². The van der Waals surface area contributed by atoms with E-state index in [2.05, 4.69) is 85.0 Å². The minimum Gasteiger partial charge on any atom is -0.378 e. The number of rotatable bonds is 12. The van der Waals surface area contributed by atoms with Crippen molar-refractivity contribution >= 4 is 51.3 Å². The number of nitrogens with one attached hydrogen (secondary N) is 3. The lowest BCUT2D eigenvalue weighted by Gasteiger charge is -2.34. The number of piperazine rings is 1. The number of likely N-dealkylation sites (N-methyl/N-ethyl adjacent to an activating group) is 2. The van der Waals surface area contributed by atoms with Gasteiger partial charge in [0.1, 0.15) is 5.82 Å². The molecule has 2 saturated heterocycles. The normalized spacial score (nSPS) is 15.6. The van der Waals surface area contributed by atoms with Gasteiger partial charge in [-0.3, -0.25) is 9.89 Å². The van der Waals surface area contributed by atoms with Crippen LogP contribution in [0.15, 0.2) is 84.9 Å². The number of morpholine rings is 1. The van der Waals surface area contributed by atoms with Gasteiger partial charge in [-0.1, -0.05) is 30.3 Å². The van der Waals surface area contributed by atoms with Crippen LogP contribution >= 0.6 is 0 Å². The van der Waals surface area contributed by atoms with Gasteiger partial charge in [0.05, 0.1) is 24.3 Å². The fourth-order valence-electron chi connectivity index (χ4n) is 6.46. The average Bonchev–Trinajstić information content (AvgIpc) is 3.54. The Kier molecular flexibility index (Phi) is 10.5. The van der Waals surface area contributed by atoms with Gasteiger partial charge in [-0.25, -0.2) is 4.98 Å². The van der Waals surface area contributed by atoms with Gasteiger partial charge in [-0.05, 0) is 81.3 Å². The van der Waals surface area contributed by atoms with Crippen LogP contribution in [0.1, 0.15) is 5.56 Å². The molecule has 0 aliphatic carbocycles. The SMILES string of the molecule is CN(C)C/C=C/C(=O)Cc1cccc(-c2nc(Nc3cccc(N4CCN(C)CC4)c3)nc3n[nH]c(Nc4ccc(N5CCOCC5)cc4)c23)c1. The van der Waals surface area contributed by atoms with Crippen molar-refractivity contribution in [3.8, 4) is 11.3 Å². The molecule has 3 N–H and O–H groups in total. The maximum Gasteiger partial charge on any atom is 0.229 e. The summed E-state index contributed by atoms with van der Waals surface area (Å²) in [4.78, 5) is 31.9. The lowest BCUT2D eigenvalue weighted by Crippen LogP contribution is -2.44. The summed E-state index contributed by atoms with van der Waals surface area (Å²) in [7, 11) is 6.12. The van der Waals surface area contributed by atoms with Crippen LogP contribution in [-0.4, -0.2) is 116 Å². The van der Waals surface area contributed by atoms with Gasteiger partial charge < -0.3 is 35.0 Å². The Morgan fingerprint density at radius 2 is 1.63 bits per heavy atom. The first-order valence-corrected chi connectivity index (χ1v) is 17.6. The highest BCUT2D eigenvalue weighted by Gasteiger charge is 2.20. The molecular formula is C39H46N10O2. The molecule has 12 heteroatoms. The minimum absolute atomic E-state index is 0.0515. The number of H-pyrrole nitrogens is 1. The maximum absolute atomic E-state index is 12.8. The van der Waals surface area contributed by atoms with Crippen LogP contribution in [0.2, 0.25) is 0 Å². The summed E-state index contributed by atoms with van der Waals surface area (Å²) in [5.74, 6) is 1.18. The maximum atomic E-state index is 12.8. The van der Waals surface area contributed by atoms with Gasteiger partial charge in [0, 0.05) is 80.5 Å². The van der Waals surface area contributed by atoms with E-state index >= 15 is 0 Å². The summed E-state index contributed by atoms with van der Waals surface area (Å²) in [6.45, 7) is 7.99. The molecule has 0 bridgehead atoms. The average molecular weight is 687 g/mol. The molecule has 51 heavy (non-hydrogen) atoms. The number of ether oxygens (including phenoxy) is 1. The number of anilines is 6. The third-order valence-electron chi connectivity index (χ3n) is 9.25. The van der Waals surface area contributed by atoms with E-state index in [1.54, 1.807) is 6.08 Å². The van der Waals surface area contributed by atoms with E-state index in [9.17, 15) is 4.79 Å². The van der Waals surface area contributed by atoms with E-state index in [4.69, 9.17) is 14.7 Å². The highest BCUT2D eigenvalue weighted by molar-refractivity contribution is 6.01. The van der Waals surface area contributed by atoms with Crippen molar-refractivity contribution in [3.05, 3.63) is 90.5 Å². The molecule has 7 rings (SSSR count). The molecule has 2 aromatic heterocycles. The zero-order valence-corrected chi connectivity index (χ0v) is 29.6. The van der Waals surface area contributed by atoms with Crippen LogP contribution in [0.4, 0.5) is 34.5 Å². The van der Waals surface area contributed by atoms with Crippen molar-refractivity contribution < 1.29 is 9.53 Å². The highest BCUT2D eigenvalue weighted by Crippen LogP contribution is 2.34. The van der Waals surface area contributed by atoms with E-state index in [0.29, 0.717) is 36.1 Å². The second-order valence-electron chi connectivity index (χ2n) is 13.4. The van der Waals surface area contributed by atoms with Crippen molar-refractivity contribution in [1.82, 2.24) is 30.0 Å². The van der Waals surface area contributed by atoms with Crippen molar-refractivity contribution in [2.75, 3.05) is 101 Å². The second-order valence-corrected chi connectivity index (χ2v) is 13.4. The Morgan fingerprint density at radius 1 is 0.863 bits per heavy atom. The fourth-order valence-corrected chi connectivity index (χ4v) is 6.46. The lowest BCUT2D eigenvalue weighted by molar-refractivity contribution is -0.114. The van der Waals surface area contributed by atoms with E-state index in [1.807, 2.05) is 55.4 Å². The fraction of sp³-hybridized carbons (Fsp3) is 0.333. The quantitative estimate of drug-likeness (QED) is 0.148. The standard InChI is InChI=1S/C39H46N10O2/c1-46(2)16-6-11-34(50)26-28-7-4-8-29(25-28)36-35-37(40-30-12-14-32(15-13-30)49-21-23-51-24-22-49)44-45-38(35)43-39(42-36)41-31-9-5-10-33(27-31)48-19-17-47(3)18-20-48/h4-15,25,27H,16-24,26H2,1-3H3,(H3,40,41,42,43,44,45)/b11-6+. The number of ketones is 1.